The summed E-state index contributed by atoms with van der Waals surface area (Å²) in [5.41, 5.74) is 4.32. The molecule has 35 heavy (non-hydrogen) atoms. The van der Waals surface area contributed by atoms with Crippen LogP contribution in [0.2, 0.25) is 0 Å². The summed E-state index contributed by atoms with van der Waals surface area (Å²) in [7, 11) is 0. The first-order valence-corrected chi connectivity index (χ1v) is 11.4. The van der Waals surface area contributed by atoms with Gasteiger partial charge in [-0.05, 0) is 28.2 Å². The Morgan fingerprint density at radius 2 is 1.69 bits per heavy atom. The molecule has 182 valence electrons. The maximum Gasteiger partial charge on any atom is 0.407 e. The molecule has 2 amide bonds. The average molecular weight is 478 g/mol. The lowest BCUT2D eigenvalue weighted by molar-refractivity contribution is -0.124. The number of nitrogens with zero attached hydrogens (tertiary/aromatic N) is 3. The molecule has 10 heteroatoms. The van der Waals surface area contributed by atoms with E-state index in [0.29, 0.717) is 0 Å². The number of aromatic carboxylic acids is 1. The van der Waals surface area contributed by atoms with E-state index in [-0.39, 0.29) is 43.1 Å². The molecule has 0 spiro atoms. The number of hydrogen-bond donors (Lipinski definition) is 3. The first-order chi connectivity index (χ1) is 16.8. The van der Waals surface area contributed by atoms with Crippen molar-refractivity contribution in [2.45, 2.75) is 32.4 Å². The van der Waals surface area contributed by atoms with Crippen molar-refractivity contribution in [1.82, 2.24) is 25.6 Å². The lowest BCUT2D eigenvalue weighted by atomic mass is 9.98. The molecule has 1 heterocycles. The second-order valence-corrected chi connectivity index (χ2v) is 8.65. The van der Waals surface area contributed by atoms with Crippen LogP contribution in [0.15, 0.2) is 54.7 Å². The third kappa shape index (κ3) is 5.32. The quantitative estimate of drug-likeness (QED) is 0.431. The van der Waals surface area contributed by atoms with Crippen LogP contribution in [0.5, 0.6) is 0 Å². The Labute approximate surface area is 202 Å². The molecule has 1 aromatic heterocycles. The highest BCUT2D eigenvalue weighted by molar-refractivity contribution is 5.86. The van der Waals surface area contributed by atoms with Crippen molar-refractivity contribution >= 4 is 18.0 Å². The summed E-state index contributed by atoms with van der Waals surface area (Å²) in [6.07, 6.45) is 0.617. The molecule has 10 nitrogen and oxygen atoms in total. The SMILES string of the molecule is CC(C)[C@H](NC(=O)OCC1c2ccccc2-c2ccccc21)C(=O)NCCn1cc(C(=O)O)nn1. The zero-order valence-corrected chi connectivity index (χ0v) is 19.5. The van der Waals surface area contributed by atoms with Gasteiger partial charge in [0, 0.05) is 12.5 Å². The second kappa shape index (κ2) is 10.4. The minimum absolute atomic E-state index is 0.0714. The fourth-order valence-corrected chi connectivity index (χ4v) is 4.21. The summed E-state index contributed by atoms with van der Waals surface area (Å²) >= 11 is 0. The van der Waals surface area contributed by atoms with Crippen molar-refractivity contribution in [2.75, 3.05) is 13.2 Å². The van der Waals surface area contributed by atoms with Crippen LogP contribution in [0.1, 0.15) is 41.4 Å². The molecule has 0 fully saturated rings. The van der Waals surface area contributed by atoms with Gasteiger partial charge in [0.25, 0.3) is 0 Å². The molecule has 2 aromatic carbocycles. The Morgan fingerprint density at radius 3 is 2.26 bits per heavy atom. The highest BCUT2D eigenvalue weighted by atomic mass is 16.5. The Morgan fingerprint density at radius 1 is 1.06 bits per heavy atom. The molecule has 0 aliphatic heterocycles. The average Bonchev–Trinajstić information content (AvgIpc) is 3.44. The highest BCUT2D eigenvalue weighted by Crippen LogP contribution is 2.44. The number of nitrogens with one attached hydrogen (secondary N) is 2. The van der Waals surface area contributed by atoms with Gasteiger partial charge in [-0.1, -0.05) is 67.6 Å². The van der Waals surface area contributed by atoms with Crippen molar-refractivity contribution in [1.29, 1.82) is 0 Å². The van der Waals surface area contributed by atoms with Gasteiger partial charge in [-0.2, -0.15) is 0 Å². The molecular formula is C25H27N5O5. The van der Waals surface area contributed by atoms with E-state index in [2.05, 4.69) is 33.1 Å². The lowest BCUT2D eigenvalue weighted by Crippen LogP contribution is -2.50. The Hall–Kier alpha value is -4.21. The number of alkyl carbamates (subject to hydrolysis) is 1. The molecule has 3 N–H and O–H groups in total. The van der Waals surface area contributed by atoms with Crippen LogP contribution >= 0.6 is 0 Å². The number of benzene rings is 2. The molecule has 0 saturated heterocycles. The predicted octanol–water partition coefficient (Wildman–Crippen LogP) is 2.66. The zero-order chi connectivity index (χ0) is 24.9. The number of fused-ring (bicyclic) bond motifs is 3. The number of hydrogen-bond acceptors (Lipinski definition) is 6. The number of carboxylic acid groups (broad SMARTS) is 1. The number of amides is 2. The number of carbonyl (C=O) groups is 3. The Bertz CT molecular complexity index is 1190. The van der Waals surface area contributed by atoms with Gasteiger partial charge >= 0.3 is 12.1 Å². The smallest absolute Gasteiger partial charge is 0.407 e. The molecule has 0 bridgehead atoms. The fourth-order valence-electron chi connectivity index (χ4n) is 4.21. The van der Waals surface area contributed by atoms with Gasteiger partial charge in [-0.3, -0.25) is 4.79 Å². The third-order valence-corrected chi connectivity index (χ3v) is 5.96. The van der Waals surface area contributed by atoms with Crippen LogP contribution in [0, 0.1) is 5.92 Å². The third-order valence-electron chi connectivity index (χ3n) is 5.96. The highest BCUT2D eigenvalue weighted by Gasteiger charge is 2.30. The molecule has 1 aliphatic rings. The van der Waals surface area contributed by atoms with Crippen LogP contribution in [0.3, 0.4) is 0 Å². The molecule has 0 radical (unpaired) electrons. The summed E-state index contributed by atoms with van der Waals surface area (Å²) in [6.45, 7) is 4.23. The van der Waals surface area contributed by atoms with Crippen molar-refractivity contribution < 1.29 is 24.2 Å². The predicted molar refractivity (Wildman–Crippen MR) is 127 cm³/mol. The normalized spacial score (nSPS) is 13.1. The van der Waals surface area contributed by atoms with E-state index in [0.717, 1.165) is 22.3 Å². The van der Waals surface area contributed by atoms with Crippen LogP contribution in [-0.4, -0.2) is 57.3 Å². The summed E-state index contributed by atoms with van der Waals surface area (Å²) in [4.78, 5) is 36.2. The van der Waals surface area contributed by atoms with Crippen molar-refractivity contribution in [3.8, 4) is 11.1 Å². The van der Waals surface area contributed by atoms with Crippen molar-refractivity contribution in [2.24, 2.45) is 5.92 Å². The Kier molecular flexibility index (Phi) is 7.09. The summed E-state index contributed by atoms with van der Waals surface area (Å²) in [5, 5.41) is 21.5. The number of carbonyl (C=O) groups excluding carboxylic acids is 2. The van der Waals surface area contributed by atoms with E-state index in [1.165, 1.54) is 10.9 Å². The van der Waals surface area contributed by atoms with Crippen LogP contribution in [0.4, 0.5) is 4.79 Å². The van der Waals surface area contributed by atoms with Crippen LogP contribution in [-0.2, 0) is 16.1 Å². The van der Waals surface area contributed by atoms with E-state index in [9.17, 15) is 14.4 Å². The van der Waals surface area contributed by atoms with Gasteiger partial charge in [-0.15, -0.1) is 5.10 Å². The number of rotatable bonds is 9. The number of carboxylic acids is 1. The Balaban J connectivity index is 1.32. The molecule has 0 saturated carbocycles. The van der Waals surface area contributed by atoms with Gasteiger partial charge in [0.1, 0.15) is 12.6 Å². The van der Waals surface area contributed by atoms with Crippen LogP contribution < -0.4 is 10.6 Å². The number of aromatic nitrogens is 3. The van der Waals surface area contributed by atoms with Crippen molar-refractivity contribution in [3.05, 3.63) is 71.5 Å². The lowest BCUT2D eigenvalue weighted by Gasteiger charge is -2.22. The standard InChI is InChI=1S/C25H27N5O5/c1-15(2)22(23(31)26-11-12-30-13-21(24(32)33)28-29-30)27-25(34)35-14-20-18-9-5-3-7-16(18)17-8-4-6-10-19(17)20/h3-10,13,15,20,22H,11-12,14H2,1-2H3,(H,26,31)(H,27,34)(H,32,33)/t22-/m0/s1. The molecule has 3 aromatic rings. The van der Waals surface area contributed by atoms with E-state index in [4.69, 9.17) is 9.84 Å². The van der Waals surface area contributed by atoms with Gasteiger partial charge in [0.05, 0.1) is 12.7 Å². The van der Waals surface area contributed by atoms with Crippen molar-refractivity contribution in [3.63, 3.8) is 0 Å². The fraction of sp³-hybridized carbons (Fsp3) is 0.320. The van der Waals surface area contributed by atoms with Gasteiger partial charge in [0.2, 0.25) is 5.91 Å². The first-order valence-electron chi connectivity index (χ1n) is 11.4. The van der Waals surface area contributed by atoms with Gasteiger partial charge < -0.3 is 20.5 Å². The topological polar surface area (TPSA) is 135 Å². The minimum atomic E-state index is -1.17. The van der Waals surface area contributed by atoms with Crippen LogP contribution in [0.25, 0.3) is 11.1 Å². The zero-order valence-electron chi connectivity index (χ0n) is 19.5. The molecular weight excluding hydrogens is 450 g/mol. The van der Waals surface area contributed by atoms with Gasteiger partial charge in [-0.25, -0.2) is 14.3 Å². The van der Waals surface area contributed by atoms with E-state index < -0.39 is 18.1 Å². The second-order valence-electron chi connectivity index (χ2n) is 8.65. The monoisotopic (exact) mass is 477 g/mol. The maximum absolute atomic E-state index is 12.7. The minimum Gasteiger partial charge on any atom is -0.476 e. The number of ether oxygens (including phenoxy) is 1. The van der Waals surface area contributed by atoms with E-state index in [1.54, 1.807) is 0 Å². The molecule has 0 unspecified atom stereocenters. The summed E-state index contributed by atoms with van der Waals surface area (Å²) in [5.74, 6) is -1.79. The van der Waals surface area contributed by atoms with E-state index >= 15 is 0 Å². The largest absolute Gasteiger partial charge is 0.476 e. The summed E-state index contributed by atoms with van der Waals surface area (Å²) in [6, 6.07) is 15.3. The van der Waals surface area contributed by atoms with E-state index in [1.807, 2.05) is 50.2 Å². The molecule has 4 rings (SSSR count). The van der Waals surface area contributed by atoms with Gasteiger partial charge in [0.15, 0.2) is 5.69 Å². The maximum atomic E-state index is 12.7. The summed E-state index contributed by atoms with van der Waals surface area (Å²) < 4.78 is 6.89. The molecule has 1 aliphatic carbocycles. The first kappa shape index (κ1) is 23.9. The molecule has 1 atom stereocenters.